The van der Waals surface area contributed by atoms with Crippen LogP contribution in [0.5, 0.6) is 0 Å². The molecule has 0 fully saturated rings. The predicted molar refractivity (Wildman–Crippen MR) is 65.7 cm³/mol. The lowest BCUT2D eigenvalue weighted by molar-refractivity contribution is -0.548. The van der Waals surface area contributed by atoms with Gasteiger partial charge in [-0.25, -0.2) is 0 Å². The second-order valence-electron chi connectivity index (χ2n) is 4.00. The van der Waals surface area contributed by atoms with E-state index in [-0.39, 0.29) is 13.2 Å². The molecular formula is C10H20NO5P. The number of hydrogen-bond donors (Lipinski definition) is 0. The molecule has 7 heteroatoms. The van der Waals surface area contributed by atoms with Crippen LogP contribution in [0.2, 0.25) is 0 Å². The van der Waals surface area contributed by atoms with Gasteiger partial charge in [-0.05, 0) is 20.8 Å². The Labute approximate surface area is 102 Å². The van der Waals surface area contributed by atoms with Crippen LogP contribution in [-0.2, 0) is 13.6 Å². The van der Waals surface area contributed by atoms with E-state index in [1.165, 1.54) is 19.7 Å². The van der Waals surface area contributed by atoms with Gasteiger partial charge in [-0.2, -0.15) is 0 Å². The Hall–Kier alpha value is -0.710. The van der Waals surface area contributed by atoms with Crippen molar-refractivity contribution in [1.29, 1.82) is 0 Å². The molecule has 0 aromatic carbocycles. The van der Waals surface area contributed by atoms with Gasteiger partial charge in [0, 0.05) is 30.2 Å². The van der Waals surface area contributed by atoms with Crippen molar-refractivity contribution in [1.82, 2.24) is 0 Å². The summed E-state index contributed by atoms with van der Waals surface area (Å²) in [5, 5.41) is 10.9. The van der Waals surface area contributed by atoms with Gasteiger partial charge < -0.3 is 9.05 Å². The fraction of sp³-hybridized carbons (Fsp3) is 0.800. The minimum Gasteiger partial charge on any atom is -0.306 e. The van der Waals surface area contributed by atoms with E-state index in [9.17, 15) is 14.7 Å². The van der Waals surface area contributed by atoms with Crippen molar-refractivity contribution >= 4 is 7.60 Å². The first kappa shape index (κ1) is 16.3. The molecule has 0 heterocycles. The molecule has 17 heavy (non-hydrogen) atoms. The standard InChI is InChI=1S/C10H20NO5P/c1-6-15-17(14,16-7-2)8-9(3)10(4,5)11(12)13/h8H,6-7H2,1-5H3. The third-order valence-corrected chi connectivity index (χ3v) is 4.33. The predicted octanol–water partition coefficient (Wildman–Crippen LogP) is 3.21. The summed E-state index contributed by atoms with van der Waals surface area (Å²) in [5.41, 5.74) is -0.933. The topological polar surface area (TPSA) is 78.7 Å². The molecule has 0 aromatic heterocycles. The number of hydrogen-bond acceptors (Lipinski definition) is 5. The first-order valence-corrected chi connectivity index (χ1v) is 7.04. The van der Waals surface area contributed by atoms with Crippen molar-refractivity contribution in [3.8, 4) is 0 Å². The monoisotopic (exact) mass is 265 g/mol. The molecular weight excluding hydrogens is 245 g/mol. The molecule has 0 spiro atoms. The zero-order valence-electron chi connectivity index (χ0n) is 10.9. The summed E-state index contributed by atoms with van der Waals surface area (Å²) in [5.74, 6) is 1.24. The summed E-state index contributed by atoms with van der Waals surface area (Å²) in [7, 11) is -3.38. The average molecular weight is 265 g/mol. The van der Waals surface area contributed by atoms with Crippen molar-refractivity contribution in [3.63, 3.8) is 0 Å². The summed E-state index contributed by atoms with van der Waals surface area (Å²) >= 11 is 0. The van der Waals surface area contributed by atoms with E-state index >= 15 is 0 Å². The minimum absolute atomic E-state index is 0.222. The molecule has 0 aliphatic carbocycles. The molecule has 0 N–H and O–H groups in total. The molecule has 0 rings (SSSR count). The van der Waals surface area contributed by atoms with E-state index in [1.54, 1.807) is 20.8 Å². The van der Waals surface area contributed by atoms with Crippen LogP contribution >= 0.6 is 7.60 Å². The molecule has 0 aliphatic rings. The lowest BCUT2D eigenvalue weighted by Crippen LogP contribution is -2.32. The SMILES string of the molecule is CCOP(=O)(C=C(C)C(C)(C)[N+](=O)[O-])OCC. The zero-order valence-corrected chi connectivity index (χ0v) is 11.8. The maximum Gasteiger partial charge on any atom is 0.354 e. The molecule has 0 saturated heterocycles. The Morgan fingerprint density at radius 3 is 2.06 bits per heavy atom. The first-order chi connectivity index (χ1) is 7.69. The molecule has 0 unspecified atom stereocenters. The van der Waals surface area contributed by atoms with Gasteiger partial charge in [-0.3, -0.25) is 14.7 Å². The Balaban J connectivity index is 5.20. The van der Waals surface area contributed by atoms with E-state index in [2.05, 4.69) is 0 Å². The summed E-state index contributed by atoms with van der Waals surface area (Å²) in [4.78, 5) is 10.4. The molecule has 0 saturated carbocycles. The van der Waals surface area contributed by atoms with Crippen molar-refractivity contribution in [3.05, 3.63) is 21.5 Å². The van der Waals surface area contributed by atoms with Gasteiger partial charge in [0.15, 0.2) is 0 Å². The van der Waals surface area contributed by atoms with Gasteiger partial charge in [0.1, 0.15) is 0 Å². The molecule has 0 radical (unpaired) electrons. The second-order valence-corrected chi connectivity index (χ2v) is 5.86. The van der Waals surface area contributed by atoms with Crippen LogP contribution in [0.15, 0.2) is 11.4 Å². The number of nitrogens with zero attached hydrogens (tertiary/aromatic N) is 1. The van der Waals surface area contributed by atoms with E-state index < -0.39 is 18.1 Å². The van der Waals surface area contributed by atoms with E-state index in [0.29, 0.717) is 5.57 Å². The van der Waals surface area contributed by atoms with Crippen molar-refractivity contribution < 1.29 is 18.5 Å². The summed E-state index contributed by atoms with van der Waals surface area (Å²) in [6.07, 6.45) is 0. The van der Waals surface area contributed by atoms with E-state index in [1.807, 2.05) is 0 Å². The lowest BCUT2D eigenvalue weighted by atomic mass is 9.98. The molecule has 0 aromatic rings. The van der Waals surface area contributed by atoms with Crippen molar-refractivity contribution in [2.45, 2.75) is 40.2 Å². The summed E-state index contributed by atoms with van der Waals surface area (Å²) in [6.45, 7) is 8.26. The van der Waals surface area contributed by atoms with Gasteiger partial charge in [-0.1, -0.05) is 0 Å². The Morgan fingerprint density at radius 2 is 1.76 bits per heavy atom. The van der Waals surface area contributed by atoms with Gasteiger partial charge in [-0.15, -0.1) is 0 Å². The van der Waals surface area contributed by atoms with Crippen LogP contribution in [0.1, 0.15) is 34.6 Å². The molecule has 0 aliphatic heterocycles. The maximum atomic E-state index is 12.1. The third kappa shape index (κ3) is 4.58. The van der Waals surface area contributed by atoms with Gasteiger partial charge in [0.25, 0.3) is 0 Å². The van der Waals surface area contributed by atoms with Crippen LogP contribution in [0.3, 0.4) is 0 Å². The Bertz CT molecular complexity index is 341. The van der Waals surface area contributed by atoms with Crippen LogP contribution in [0.4, 0.5) is 0 Å². The smallest absolute Gasteiger partial charge is 0.306 e. The molecule has 6 nitrogen and oxygen atoms in total. The average Bonchev–Trinajstić information content (AvgIpc) is 2.17. The summed E-state index contributed by atoms with van der Waals surface area (Å²) in [6, 6.07) is 0. The summed E-state index contributed by atoms with van der Waals surface area (Å²) < 4.78 is 22.2. The highest BCUT2D eigenvalue weighted by Gasteiger charge is 2.35. The first-order valence-electron chi connectivity index (χ1n) is 5.42. The Morgan fingerprint density at radius 1 is 1.35 bits per heavy atom. The molecule has 0 bridgehead atoms. The van der Waals surface area contributed by atoms with Crippen LogP contribution < -0.4 is 0 Å². The Kier molecular flexibility index (Phi) is 6.02. The molecule has 0 amide bonds. The van der Waals surface area contributed by atoms with Gasteiger partial charge >= 0.3 is 7.60 Å². The van der Waals surface area contributed by atoms with E-state index in [4.69, 9.17) is 9.05 Å². The van der Waals surface area contributed by atoms with E-state index in [0.717, 1.165) is 0 Å². The molecule has 0 atom stereocenters. The fourth-order valence-electron chi connectivity index (χ4n) is 1.01. The zero-order chi connectivity index (χ0) is 13.7. The lowest BCUT2D eigenvalue weighted by Gasteiger charge is -2.19. The maximum absolute atomic E-state index is 12.1. The number of rotatable bonds is 7. The molecule has 100 valence electrons. The highest BCUT2D eigenvalue weighted by Crippen LogP contribution is 2.51. The quantitative estimate of drug-likeness (QED) is 0.401. The van der Waals surface area contributed by atoms with Crippen LogP contribution in [0.25, 0.3) is 0 Å². The fourth-order valence-corrected chi connectivity index (χ4v) is 2.74. The van der Waals surface area contributed by atoms with Gasteiger partial charge in [0.2, 0.25) is 5.54 Å². The van der Waals surface area contributed by atoms with Crippen molar-refractivity contribution in [2.75, 3.05) is 13.2 Å². The third-order valence-electron chi connectivity index (χ3n) is 2.39. The highest BCUT2D eigenvalue weighted by atomic mass is 31.2. The highest BCUT2D eigenvalue weighted by molar-refractivity contribution is 7.57. The van der Waals surface area contributed by atoms with Gasteiger partial charge in [0.05, 0.1) is 13.2 Å². The largest absolute Gasteiger partial charge is 0.354 e. The normalized spacial score (nSPS) is 13.8. The van der Waals surface area contributed by atoms with Crippen LogP contribution in [-0.4, -0.2) is 23.7 Å². The van der Waals surface area contributed by atoms with Crippen LogP contribution in [0, 0.1) is 10.1 Å². The second kappa shape index (κ2) is 6.28. The minimum atomic E-state index is -3.38. The number of nitro groups is 1. The van der Waals surface area contributed by atoms with Crippen molar-refractivity contribution in [2.24, 2.45) is 0 Å².